The molecule has 29 heavy (non-hydrogen) atoms. The molecule has 8 nitrogen and oxygen atoms in total. The van der Waals surface area contributed by atoms with Gasteiger partial charge in [-0.2, -0.15) is 0 Å². The lowest BCUT2D eigenvalue weighted by atomic mass is 10.1. The summed E-state index contributed by atoms with van der Waals surface area (Å²) in [5, 5.41) is 10.1. The van der Waals surface area contributed by atoms with E-state index in [9.17, 15) is 0 Å². The number of hydrogen-bond acceptors (Lipinski definition) is 8. The van der Waals surface area contributed by atoms with Gasteiger partial charge in [0.15, 0.2) is 17.5 Å². The van der Waals surface area contributed by atoms with Gasteiger partial charge in [0, 0.05) is 37.9 Å². The Kier molecular flexibility index (Phi) is 4.95. The third kappa shape index (κ3) is 3.61. The second-order valence-corrected chi connectivity index (χ2v) is 7.37. The zero-order chi connectivity index (χ0) is 19.6. The number of aryl methyl sites for hydroxylation is 1. The summed E-state index contributed by atoms with van der Waals surface area (Å²) in [6.07, 6.45) is 1.89. The van der Waals surface area contributed by atoms with Crippen molar-refractivity contribution in [1.82, 2.24) is 20.2 Å². The van der Waals surface area contributed by atoms with E-state index in [0.717, 1.165) is 54.3 Å². The summed E-state index contributed by atoms with van der Waals surface area (Å²) >= 11 is 0. The van der Waals surface area contributed by atoms with Crippen molar-refractivity contribution in [3.8, 4) is 11.4 Å². The van der Waals surface area contributed by atoms with Crippen molar-refractivity contribution < 1.29 is 9.47 Å². The van der Waals surface area contributed by atoms with E-state index in [0.29, 0.717) is 32.3 Å². The van der Waals surface area contributed by atoms with Crippen LogP contribution in [0.5, 0.6) is 0 Å². The van der Waals surface area contributed by atoms with Crippen LogP contribution in [0.25, 0.3) is 22.3 Å². The quantitative estimate of drug-likeness (QED) is 0.671. The Morgan fingerprint density at radius 1 is 0.862 bits per heavy atom. The van der Waals surface area contributed by atoms with Crippen molar-refractivity contribution in [3.63, 3.8) is 0 Å². The van der Waals surface area contributed by atoms with Crippen LogP contribution in [0.4, 0.5) is 11.6 Å². The van der Waals surface area contributed by atoms with E-state index in [4.69, 9.17) is 14.5 Å². The first kappa shape index (κ1) is 18.2. The van der Waals surface area contributed by atoms with Crippen LogP contribution in [0, 0.1) is 6.92 Å². The highest BCUT2D eigenvalue weighted by Crippen LogP contribution is 2.31. The monoisotopic (exact) mass is 392 g/mol. The van der Waals surface area contributed by atoms with Crippen molar-refractivity contribution in [1.29, 1.82) is 0 Å². The molecule has 1 aromatic carbocycles. The molecule has 8 heteroatoms. The molecule has 2 fully saturated rings. The molecule has 0 aliphatic carbocycles. The van der Waals surface area contributed by atoms with Crippen molar-refractivity contribution in [2.24, 2.45) is 0 Å². The second kappa shape index (κ2) is 7.88. The summed E-state index contributed by atoms with van der Waals surface area (Å²) in [6, 6.07) is 8.25. The fourth-order valence-electron chi connectivity index (χ4n) is 3.83. The zero-order valence-corrected chi connectivity index (χ0v) is 16.5. The highest BCUT2D eigenvalue weighted by atomic mass is 16.5. The zero-order valence-electron chi connectivity index (χ0n) is 16.5. The van der Waals surface area contributed by atoms with E-state index < -0.39 is 0 Å². The maximum Gasteiger partial charge on any atom is 0.178 e. The maximum atomic E-state index is 5.51. The van der Waals surface area contributed by atoms with Gasteiger partial charge in [0.25, 0.3) is 0 Å². The molecule has 0 radical (unpaired) electrons. The predicted octanol–water partition coefficient (Wildman–Crippen LogP) is 2.07. The number of anilines is 2. The largest absolute Gasteiger partial charge is 0.378 e. The molecule has 4 heterocycles. The second-order valence-electron chi connectivity index (χ2n) is 7.37. The lowest BCUT2D eigenvalue weighted by molar-refractivity contribution is 0.122. The van der Waals surface area contributed by atoms with Crippen LogP contribution in [0.2, 0.25) is 0 Å². The number of morpholine rings is 2. The van der Waals surface area contributed by atoms with E-state index in [1.807, 2.05) is 18.3 Å². The maximum absolute atomic E-state index is 5.51. The van der Waals surface area contributed by atoms with E-state index in [1.54, 1.807) is 0 Å². The Balaban J connectivity index is 1.65. The number of rotatable bonds is 3. The molecule has 2 aromatic heterocycles. The van der Waals surface area contributed by atoms with Gasteiger partial charge in [0.05, 0.1) is 31.8 Å². The Labute approximate surface area is 169 Å². The summed E-state index contributed by atoms with van der Waals surface area (Å²) in [4.78, 5) is 14.1. The summed E-state index contributed by atoms with van der Waals surface area (Å²) < 4.78 is 11.0. The third-order valence-corrected chi connectivity index (χ3v) is 5.38. The lowest BCUT2D eigenvalue weighted by Gasteiger charge is -2.30. The van der Waals surface area contributed by atoms with Crippen LogP contribution in [-0.2, 0) is 9.47 Å². The predicted molar refractivity (Wildman–Crippen MR) is 111 cm³/mol. The van der Waals surface area contributed by atoms with Gasteiger partial charge in [-0.1, -0.05) is 23.8 Å². The van der Waals surface area contributed by atoms with E-state index in [2.05, 4.69) is 44.0 Å². The molecule has 5 rings (SSSR count). The fourth-order valence-corrected chi connectivity index (χ4v) is 3.83. The molecule has 0 spiro atoms. The van der Waals surface area contributed by atoms with E-state index in [1.165, 1.54) is 5.56 Å². The molecule has 2 saturated heterocycles. The molecule has 150 valence electrons. The number of nitrogens with zero attached hydrogens (tertiary/aromatic N) is 6. The molecule has 0 unspecified atom stereocenters. The molecule has 0 bridgehead atoms. The molecule has 0 N–H and O–H groups in total. The Bertz CT molecular complexity index is 1020. The van der Waals surface area contributed by atoms with Crippen LogP contribution >= 0.6 is 0 Å². The SMILES string of the molecule is Cc1cccc(-c2ncc3c(N4CCOCC4)nnc(N4CCOCC4)c3n2)c1. The minimum Gasteiger partial charge on any atom is -0.378 e. The van der Waals surface area contributed by atoms with Gasteiger partial charge >= 0.3 is 0 Å². The van der Waals surface area contributed by atoms with Crippen LogP contribution in [0.15, 0.2) is 30.5 Å². The number of fused-ring (bicyclic) bond motifs is 1. The smallest absolute Gasteiger partial charge is 0.178 e. The van der Waals surface area contributed by atoms with Crippen LogP contribution < -0.4 is 9.80 Å². The van der Waals surface area contributed by atoms with Crippen LogP contribution in [0.1, 0.15) is 5.56 Å². The number of ether oxygens (including phenoxy) is 2. The van der Waals surface area contributed by atoms with Gasteiger partial charge in [-0.25, -0.2) is 9.97 Å². The molecule has 2 aliphatic heterocycles. The van der Waals surface area contributed by atoms with Crippen LogP contribution in [0.3, 0.4) is 0 Å². The molecule has 2 aliphatic rings. The normalized spacial score (nSPS) is 17.7. The Morgan fingerprint density at radius 2 is 1.52 bits per heavy atom. The first-order valence-electron chi connectivity index (χ1n) is 10.1. The van der Waals surface area contributed by atoms with Gasteiger partial charge in [-0.15, -0.1) is 10.2 Å². The highest BCUT2D eigenvalue weighted by molar-refractivity contribution is 5.96. The number of benzene rings is 1. The van der Waals surface area contributed by atoms with Gasteiger partial charge in [-0.3, -0.25) is 0 Å². The molecule has 0 atom stereocenters. The highest BCUT2D eigenvalue weighted by Gasteiger charge is 2.23. The van der Waals surface area contributed by atoms with Crippen molar-refractivity contribution in [2.75, 3.05) is 62.4 Å². The van der Waals surface area contributed by atoms with E-state index in [-0.39, 0.29) is 0 Å². The molecule has 0 amide bonds. The average molecular weight is 392 g/mol. The molecule has 3 aromatic rings. The van der Waals surface area contributed by atoms with Gasteiger partial charge < -0.3 is 19.3 Å². The molecular formula is C21H24N6O2. The standard InChI is InChI=1S/C21H24N6O2/c1-15-3-2-4-16(13-15)19-22-14-17-18(23-19)21(27-7-11-29-12-8-27)25-24-20(17)26-5-9-28-10-6-26/h2-4,13-14H,5-12H2,1H3. The summed E-state index contributed by atoms with van der Waals surface area (Å²) in [7, 11) is 0. The number of aromatic nitrogens is 4. The topological polar surface area (TPSA) is 76.5 Å². The van der Waals surface area contributed by atoms with Gasteiger partial charge in [-0.05, 0) is 13.0 Å². The Morgan fingerprint density at radius 3 is 2.21 bits per heavy atom. The Hall–Kier alpha value is -2.84. The van der Waals surface area contributed by atoms with E-state index >= 15 is 0 Å². The minimum absolute atomic E-state index is 0.685. The van der Waals surface area contributed by atoms with Crippen molar-refractivity contribution in [3.05, 3.63) is 36.0 Å². The van der Waals surface area contributed by atoms with Crippen molar-refractivity contribution >= 4 is 22.5 Å². The minimum atomic E-state index is 0.685. The van der Waals surface area contributed by atoms with Crippen LogP contribution in [-0.4, -0.2) is 72.8 Å². The number of hydrogen-bond donors (Lipinski definition) is 0. The summed E-state index contributed by atoms with van der Waals surface area (Å²) in [5.74, 6) is 2.34. The molecular weight excluding hydrogens is 368 g/mol. The average Bonchev–Trinajstić information content (AvgIpc) is 2.79. The fraction of sp³-hybridized carbons (Fsp3) is 0.429. The summed E-state index contributed by atoms with van der Waals surface area (Å²) in [6.45, 7) is 7.98. The lowest BCUT2D eigenvalue weighted by Crippen LogP contribution is -2.38. The van der Waals surface area contributed by atoms with Gasteiger partial charge in [0.1, 0.15) is 5.52 Å². The third-order valence-electron chi connectivity index (χ3n) is 5.38. The summed E-state index contributed by atoms with van der Waals surface area (Å²) in [5.41, 5.74) is 3.03. The first-order chi connectivity index (χ1) is 14.3. The van der Waals surface area contributed by atoms with Gasteiger partial charge in [0.2, 0.25) is 0 Å². The molecule has 0 saturated carbocycles. The van der Waals surface area contributed by atoms with Crippen molar-refractivity contribution in [2.45, 2.75) is 6.92 Å². The first-order valence-corrected chi connectivity index (χ1v) is 10.1.